The summed E-state index contributed by atoms with van der Waals surface area (Å²) in [6.45, 7) is 2.06. The smallest absolute Gasteiger partial charge is 0.278 e. The molecule has 2 amide bonds. The molecule has 0 bridgehead atoms. The van der Waals surface area contributed by atoms with E-state index < -0.39 is 16.7 Å². The van der Waals surface area contributed by atoms with Gasteiger partial charge >= 0.3 is 0 Å². The number of ether oxygens (including phenoxy) is 1. The summed E-state index contributed by atoms with van der Waals surface area (Å²) < 4.78 is 5.36. The van der Waals surface area contributed by atoms with E-state index >= 15 is 0 Å². The Morgan fingerprint density at radius 3 is 2.24 bits per heavy atom. The standard InChI is InChI=1S/C25H21N3O5/c1-16-7-9-17(10-8-16)15-27-24(29)22(18-11-13-19(14-12-18)28(31)32)23(25(27)30)26-20-5-3-4-6-21(20)33-2/h3-14,26H,15H2,1-2H3. The van der Waals surface area contributed by atoms with Crippen LogP contribution in [0.15, 0.2) is 78.5 Å². The molecule has 3 aromatic rings. The van der Waals surface area contributed by atoms with Crippen molar-refractivity contribution in [2.24, 2.45) is 0 Å². The van der Waals surface area contributed by atoms with Gasteiger partial charge in [-0.15, -0.1) is 0 Å². The second-order valence-electron chi connectivity index (χ2n) is 7.56. The number of non-ortho nitro benzene ring substituents is 1. The van der Waals surface area contributed by atoms with Crippen molar-refractivity contribution in [2.75, 3.05) is 12.4 Å². The van der Waals surface area contributed by atoms with E-state index in [1.807, 2.05) is 31.2 Å². The minimum absolute atomic E-state index is 0.0884. The predicted octanol–water partition coefficient (Wildman–Crippen LogP) is 4.30. The molecule has 1 aliphatic rings. The number of hydrogen-bond donors (Lipinski definition) is 1. The zero-order valence-corrected chi connectivity index (χ0v) is 18.1. The van der Waals surface area contributed by atoms with Crippen molar-refractivity contribution in [1.82, 2.24) is 4.90 Å². The van der Waals surface area contributed by atoms with Gasteiger partial charge in [0.15, 0.2) is 0 Å². The summed E-state index contributed by atoms with van der Waals surface area (Å²) in [6.07, 6.45) is 0. The fourth-order valence-corrected chi connectivity index (χ4v) is 3.61. The van der Waals surface area contributed by atoms with Gasteiger partial charge in [0, 0.05) is 12.1 Å². The molecule has 0 unspecified atom stereocenters. The number of nitro groups is 1. The van der Waals surface area contributed by atoms with Crippen LogP contribution in [-0.4, -0.2) is 28.7 Å². The summed E-state index contributed by atoms with van der Waals surface area (Å²) in [4.78, 5) is 38.5. The molecule has 0 atom stereocenters. The average Bonchev–Trinajstić information content (AvgIpc) is 3.05. The highest BCUT2D eigenvalue weighted by Crippen LogP contribution is 2.34. The van der Waals surface area contributed by atoms with E-state index in [0.29, 0.717) is 17.0 Å². The predicted molar refractivity (Wildman–Crippen MR) is 123 cm³/mol. The molecule has 1 heterocycles. The Kier molecular flexibility index (Phi) is 5.91. The zero-order valence-electron chi connectivity index (χ0n) is 18.1. The van der Waals surface area contributed by atoms with Crippen molar-refractivity contribution in [3.63, 3.8) is 0 Å². The van der Waals surface area contributed by atoms with E-state index in [1.54, 1.807) is 24.3 Å². The van der Waals surface area contributed by atoms with E-state index in [9.17, 15) is 19.7 Å². The minimum atomic E-state index is -0.516. The summed E-state index contributed by atoms with van der Waals surface area (Å²) in [7, 11) is 1.51. The van der Waals surface area contributed by atoms with Crippen molar-refractivity contribution in [2.45, 2.75) is 13.5 Å². The number of amides is 2. The van der Waals surface area contributed by atoms with Gasteiger partial charge in [-0.05, 0) is 42.3 Å². The highest BCUT2D eigenvalue weighted by Gasteiger charge is 2.39. The summed E-state index contributed by atoms with van der Waals surface area (Å²) in [5.74, 6) is -0.461. The first-order valence-corrected chi connectivity index (χ1v) is 10.2. The Morgan fingerprint density at radius 1 is 0.939 bits per heavy atom. The van der Waals surface area contributed by atoms with Gasteiger partial charge in [-0.2, -0.15) is 0 Å². The SMILES string of the molecule is COc1ccccc1NC1=C(c2ccc([N+](=O)[O-])cc2)C(=O)N(Cc2ccc(C)cc2)C1=O. The molecular weight excluding hydrogens is 422 g/mol. The Labute approximate surface area is 190 Å². The number of carbonyl (C=O) groups is 2. The third-order valence-electron chi connectivity index (χ3n) is 5.36. The summed E-state index contributed by atoms with van der Waals surface area (Å²) >= 11 is 0. The van der Waals surface area contributed by atoms with Crippen LogP contribution in [0.3, 0.4) is 0 Å². The Bertz CT molecular complexity index is 1260. The van der Waals surface area contributed by atoms with Gasteiger partial charge in [-0.25, -0.2) is 0 Å². The first-order chi connectivity index (χ1) is 15.9. The largest absolute Gasteiger partial charge is 0.495 e. The van der Waals surface area contributed by atoms with Crippen molar-refractivity contribution < 1.29 is 19.2 Å². The lowest BCUT2D eigenvalue weighted by Crippen LogP contribution is -2.32. The molecule has 33 heavy (non-hydrogen) atoms. The van der Waals surface area contributed by atoms with Gasteiger partial charge in [0.2, 0.25) is 0 Å². The topological polar surface area (TPSA) is 102 Å². The highest BCUT2D eigenvalue weighted by molar-refractivity contribution is 6.36. The van der Waals surface area contributed by atoms with Gasteiger partial charge in [0.05, 0.1) is 29.8 Å². The molecule has 0 radical (unpaired) electrons. The number of nitrogens with zero attached hydrogens (tertiary/aromatic N) is 2. The Balaban J connectivity index is 1.76. The van der Waals surface area contributed by atoms with Crippen LogP contribution in [0.5, 0.6) is 5.75 Å². The van der Waals surface area contributed by atoms with Crippen molar-refractivity contribution in [1.29, 1.82) is 0 Å². The lowest BCUT2D eigenvalue weighted by Gasteiger charge is -2.16. The molecule has 8 heteroatoms. The zero-order chi connectivity index (χ0) is 23.5. The highest BCUT2D eigenvalue weighted by atomic mass is 16.6. The third-order valence-corrected chi connectivity index (χ3v) is 5.36. The van der Waals surface area contributed by atoms with Crippen LogP contribution in [0.4, 0.5) is 11.4 Å². The van der Waals surface area contributed by atoms with Crippen LogP contribution in [0.1, 0.15) is 16.7 Å². The molecule has 1 aliphatic heterocycles. The quantitative estimate of drug-likeness (QED) is 0.332. The van der Waals surface area contributed by atoms with E-state index in [2.05, 4.69) is 5.32 Å². The van der Waals surface area contributed by atoms with Crippen LogP contribution in [0.25, 0.3) is 5.57 Å². The number of imide groups is 1. The molecule has 4 rings (SSSR count). The lowest BCUT2D eigenvalue weighted by molar-refractivity contribution is -0.384. The number of para-hydroxylation sites is 2. The number of anilines is 1. The lowest BCUT2D eigenvalue weighted by atomic mass is 10.0. The van der Waals surface area contributed by atoms with Crippen LogP contribution >= 0.6 is 0 Å². The molecule has 1 N–H and O–H groups in total. The van der Waals surface area contributed by atoms with Crippen molar-refractivity contribution in [3.8, 4) is 5.75 Å². The number of methoxy groups -OCH3 is 1. The number of hydrogen-bond acceptors (Lipinski definition) is 6. The second kappa shape index (κ2) is 8.96. The monoisotopic (exact) mass is 443 g/mol. The molecule has 0 aliphatic carbocycles. The molecule has 0 spiro atoms. The maximum absolute atomic E-state index is 13.4. The van der Waals surface area contributed by atoms with Crippen LogP contribution in [0, 0.1) is 17.0 Å². The van der Waals surface area contributed by atoms with Gasteiger partial charge in [0.25, 0.3) is 17.5 Å². The average molecular weight is 443 g/mol. The number of carbonyl (C=O) groups excluding carboxylic acids is 2. The summed E-state index contributed by atoms with van der Waals surface area (Å²) in [5, 5.41) is 14.1. The number of nitro benzene ring substituents is 1. The Morgan fingerprint density at radius 2 is 1.61 bits per heavy atom. The first-order valence-electron chi connectivity index (χ1n) is 10.2. The molecule has 8 nitrogen and oxygen atoms in total. The van der Waals surface area contributed by atoms with Crippen LogP contribution < -0.4 is 10.1 Å². The first kappa shape index (κ1) is 21.8. The number of nitrogens with one attached hydrogen (secondary N) is 1. The number of rotatable bonds is 7. The molecule has 0 saturated carbocycles. The molecule has 166 valence electrons. The van der Waals surface area contributed by atoms with Gasteiger partial charge in [-0.3, -0.25) is 24.6 Å². The maximum Gasteiger partial charge on any atom is 0.278 e. The normalized spacial score (nSPS) is 13.5. The number of benzene rings is 3. The van der Waals surface area contributed by atoms with Gasteiger partial charge < -0.3 is 10.1 Å². The summed E-state index contributed by atoms with van der Waals surface area (Å²) in [6, 6.07) is 20.2. The molecular formula is C25H21N3O5. The maximum atomic E-state index is 13.4. The van der Waals surface area contributed by atoms with Gasteiger partial charge in [0.1, 0.15) is 11.4 Å². The Hall–Kier alpha value is -4.46. The molecule has 0 fully saturated rings. The molecule has 0 saturated heterocycles. The van der Waals surface area contributed by atoms with Gasteiger partial charge in [-0.1, -0.05) is 42.0 Å². The summed E-state index contributed by atoms with van der Waals surface area (Å²) in [5.41, 5.74) is 2.94. The van der Waals surface area contributed by atoms with E-state index in [1.165, 1.54) is 36.3 Å². The van der Waals surface area contributed by atoms with Crippen LogP contribution in [0.2, 0.25) is 0 Å². The van der Waals surface area contributed by atoms with E-state index in [0.717, 1.165) is 11.1 Å². The van der Waals surface area contributed by atoms with E-state index in [4.69, 9.17) is 4.74 Å². The second-order valence-corrected chi connectivity index (χ2v) is 7.56. The molecule has 3 aromatic carbocycles. The number of aryl methyl sites for hydroxylation is 1. The molecule has 0 aromatic heterocycles. The van der Waals surface area contributed by atoms with E-state index in [-0.39, 0.29) is 23.5 Å². The fraction of sp³-hybridized carbons (Fsp3) is 0.120. The minimum Gasteiger partial charge on any atom is -0.495 e. The fourth-order valence-electron chi connectivity index (χ4n) is 3.61. The van der Waals surface area contributed by atoms with Crippen LogP contribution in [-0.2, 0) is 16.1 Å². The van der Waals surface area contributed by atoms with Crippen molar-refractivity contribution in [3.05, 3.63) is 105 Å². The van der Waals surface area contributed by atoms with Crippen molar-refractivity contribution >= 4 is 28.8 Å². The third kappa shape index (κ3) is 4.31.